The molecule has 1 aromatic carbocycles. The number of carbonyl (C=O) groups is 2. The number of ether oxygens (including phenoxy) is 2. The first-order valence-corrected chi connectivity index (χ1v) is 7.04. The van der Waals surface area contributed by atoms with Crippen molar-refractivity contribution in [3.05, 3.63) is 36.1 Å². The van der Waals surface area contributed by atoms with Gasteiger partial charge >= 0.3 is 5.97 Å². The summed E-state index contributed by atoms with van der Waals surface area (Å²) in [6.07, 6.45) is 0.243. The average Bonchev–Trinajstić information content (AvgIpc) is 3.17. The van der Waals surface area contributed by atoms with Crippen molar-refractivity contribution in [1.82, 2.24) is 4.90 Å². The zero-order chi connectivity index (χ0) is 15.7. The highest BCUT2D eigenvalue weighted by atomic mass is 16.5. The van der Waals surface area contributed by atoms with Gasteiger partial charge in [-0.15, -0.1) is 0 Å². The van der Waals surface area contributed by atoms with Gasteiger partial charge in [-0.2, -0.15) is 0 Å². The van der Waals surface area contributed by atoms with Gasteiger partial charge < -0.3 is 18.8 Å². The Morgan fingerprint density at radius 1 is 1.27 bits per heavy atom. The number of methoxy groups -OCH3 is 2. The van der Waals surface area contributed by atoms with Crippen molar-refractivity contribution in [2.45, 2.75) is 18.6 Å². The molecule has 0 bridgehead atoms. The molecule has 0 N–H and O–H groups in total. The van der Waals surface area contributed by atoms with Gasteiger partial charge in [-0.05, 0) is 12.1 Å². The third-order valence-corrected chi connectivity index (χ3v) is 3.97. The average molecular weight is 303 g/mol. The Hall–Kier alpha value is -2.34. The van der Waals surface area contributed by atoms with Crippen molar-refractivity contribution in [3.8, 4) is 0 Å². The first kappa shape index (κ1) is 14.6. The van der Waals surface area contributed by atoms with Gasteiger partial charge in [0.25, 0.3) is 5.91 Å². The molecule has 1 aromatic heterocycles. The third-order valence-electron chi connectivity index (χ3n) is 3.97. The van der Waals surface area contributed by atoms with E-state index in [9.17, 15) is 9.59 Å². The van der Waals surface area contributed by atoms with Crippen LogP contribution < -0.4 is 0 Å². The zero-order valence-electron chi connectivity index (χ0n) is 12.4. The SMILES string of the molecule is COC(=O)[C@@H]1C[C@H](OC)CN1C(=O)c1cc2ccccc2o1. The lowest BCUT2D eigenvalue weighted by Crippen LogP contribution is -2.41. The fourth-order valence-electron chi connectivity index (χ4n) is 2.78. The Balaban J connectivity index is 1.90. The molecule has 0 spiro atoms. The summed E-state index contributed by atoms with van der Waals surface area (Å²) >= 11 is 0. The Bertz CT molecular complexity index is 674. The van der Waals surface area contributed by atoms with E-state index in [0.717, 1.165) is 5.39 Å². The molecule has 0 radical (unpaired) electrons. The van der Waals surface area contributed by atoms with Crippen LogP contribution in [0.25, 0.3) is 11.0 Å². The molecule has 116 valence electrons. The van der Waals surface area contributed by atoms with E-state index in [4.69, 9.17) is 13.9 Å². The van der Waals surface area contributed by atoms with Crippen LogP contribution in [0.1, 0.15) is 17.0 Å². The molecule has 22 heavy (non-hydrogen) atoms. The molecule has 2 atom stereocenters. The van der Waals surface area contributed by atoms with Gasteiger partial charge in [-0.3, -0.25) is 4.79 Å². The van der Waals surface area contributed by atoms with Crippen LogP contribution in [0, 0.1) is 0 Å². The van der Waals surface area contributed by atoms with Crippen LogP contribution in [-0.2, 0) is 14.3 Å². The molecule has 0 aliphatic carbocycles. The number of carbonyl (C=O) groups excluding carboxylic acids is 2. The second-order valence-electron chi connectivity index (χ2n) is 5.24. The number of nitrogens with zero attached hydrogens (tertiary/aromatic N) is 1. The number of hydrogen-bond donors (Lipinski definition) is 0. The van der Waals surface area contributed by atoms with E-state index in [0.29, 0.717) is 18.5 Å². The van der Waals surface area contributed by atoms with Crippen molar-refractivity contribution in [2.24, 2.45) is 0 Å². The molecule has 1 fully saturated rings. The smallest absolute Gasteiger partial charge is 0.328 e. The maximum absolute atomic E-state index is 12.7. The molecule has 1 aliphatic heterocycles. The Kier molecular flexibility index (Phi) is 3.85. The molecule has 0 saturated carbocycles. The van der Waals surface area contributed by atoms with Gasteiger partial charge in [-0.1, -0.05) is 18.2 Å². The van der Waals surface area contributed by atoms with Gasteiger partial charge in [0.2, 0.25) is 0 Å². The summed E-state index contributed by atoms with van der Waals surface area (Å²) < 4.78 is 15.7. The number of benzene rings is 1. The third kappa shape index (κ3) is 2.46. The summed E-state index contributed by atoms with van der Waals surface area (Å²) in [4.78, 5) is 26.0. The van der Waals surface area contributed by atoms with Gasteiger partial charge in [0.1, 0.15) is 11.6 Å². The Morgan fingerprint density at radius 2 is 2.05 bits per heavy atom. The lowest BCUT2D eigenvalue weighted by molar-refractivity contribution is -0.145. The number of amides is 1. The summed E-state index contributed by atoms with van der Waals surface area (Å²) in [5, 5.41) is 0.850. The van der Waals surface area contributed by atoms with Crippen molar-refractivity contribution in [3.63, 3.8) is 0 Å². The largest absolute Gasteiger partial charge is 0.467 e. The molecule has 1 amide bonds. The Labute approximate surface area is 127 Å². The maximum Gasteiger partial charge on any atom is 0.328 e. The van der Waals surface area contributed by atoms with Gasteiger partial charge in [0, 0.05) is 25.5 Å². The predicted octanol–water partition coefficient (Wildman–Crippen LogP) is 1.84. The van der Waals surface area contributed by atoms with Crippen LogP contribution >= 0.6 is 0 Å². The normalized spacial score (nSPS) is 21.3. The van der Waals surface area contributed by atoms with E-state index in [2.05, 4.69) is 0 Å². The first-order valence-electron chi connectivity index (χ1n) is 7.04. The molecule has 2 aromatic rings. The molecule has 0 unspecified atom stereocenters. The fourth-order valence-corrected chi connectivity index (χ4v) is 2.78. The number of furan rings is 1. The van der Waals surface area contributed by atoms with Gasteiger partial charge in [-0.25, -0.2) is 4.79 Å². The minimum atomic E-state index is -0.643. The van der Waals surface area contributed by atoms with E-state index >= 15 is 0 Å². The van der Waals surface area contributed by atoms with Crippen molar-refractivity contribution >= 4 is 22.8 Å². The summed E-state index contributed by atoms with van der Waals surface area (Å²) in [6.45, 7) is 0.339. The fraction of sp³-hybridized carbons (Fsp3) is 0.375. The standard InChI is InChI=1S/C16H17NO5/c1-20-11-8-12(16(19)21-2)17(9-11)15(18)14-7-10-5-3-4-6-13(10)22-14/h3-7,11-12H,8-9H2,1-2H3/t11-,12-/m0/s1. The highest BCUT2D eigenvalue weighted by Gasteiger charge is 2.41. The molecular weight excluding hydrogens is 286 g/mol. The highest BCUT2D eigenvalue weighted by Crippen LogP contribution is 2.26. The van der Waals surface area contributed by atoms with E-state index < -0.39 is 12.0 Å². The topological polar surface area (TPSA) is 69.0 Å². The van der Waals surface area contributed by atoms with Crippen LogP contribution in [0.5, 0.6) is 0 Å². The molecule has 1 saturated heterocycles. The quantitative estimate of drug-likeness (QED) is 0.809. The molecule has 1 aliphatic rings. The van der Waals surface area contributed by atoms with Crippen LogP contribution in [0.3, 0.4) is 0 Å². The number of esters is 1. The number of hydrogen-bond acceptors (Lipinski definition) is 5. The lowest BCUT2D eigenvalue weighted by Gasteiger charge is -2.21. The first-order chi connectivity index (χ1) is 10.6. The van der Waals surface area contributed by atoms with E-state index in [-0.39, 0.29) is 17.8 Å². The highest BCUT2D eigenvalue weighted by molar-refractivity contribution is 5.98. The lowest BCUT2D eigenvalue weighted by atomic mass is 10.2. The van der Waals surface area contributed by atoms with E-state index in [1.165, 1.54) is 12.0 Å². The summed E-state index contributed by atoms with van der Waals surface area (Å²) in [6, 6.07) is 8.43. The predicted molar refractivity (Wildman–Crippen MR) is 78.5 cm³/mol. The maximum atomic E-state index is 12.7. The monoisotopic (exact) mass is 303 g/mol. The second-order valence-corrected chi connectivity index (χ2v) is 5.24. The molecule has 3 rings (SSSR count). The number of likely N-dealkylation sites (tertiary alicyclic amines) is 1. The van der Waals surface area contributed by atoms with Crippen LogP contribution in [0.4, 0.5) is 0 Å². The summed E-state index contributed by atoms with van der Waals surface area (Å²) in [5.74, 6) is -0.554. The van der Waals surface area contributed by atoms with Gasteiger partial charge in [0.15, 0.2) is 5.76 Å². The van der Waals surface area contributed by atoms with E-state index in [1.54, 1.807) is 19.2 Å². The van der Waals surface area contributed by atoms with Crippen LogP contribution in [-0.4, -0.2) is 49.7 Å². The summed E-state index contributed by atoms with van der Waals surface area (Å²) in [5.41, 5.74) is 0.642. The Morgan fingerprint density at radius 3 is 2.73 bits per heavy atom. The van der Waals surface area contributed by atoms with Crippen LogP contribution in [0.2, 0.25) is 0 Å². The molecule has 6 nitrogen and oxygen atoms in total. The van der Waals surface area contributed by atoms with Crippen LogP contribution in [0.15, 0.2) is 34.7 Å². The van der Waals surface area contributed by atoms with Gasteiger partial charge in [0.05, 0.1) is 13.2 Å². The number of para-hydroxylation sites is 1. The minimum absolute atomic E-state index is 0.183. The van der Waals surface area contributed by atoms with Crippen molar-refractivity contribution in [2.75, 3.05) is 20.8 Å². The summed E-state index contributed by atoms with van der Waals surface area (Å²) in [7, 11) is 2.88. The molecule has 2 heterocycles. The van der Waals surface area contributed by atoms with E-state index in [1.807, 2.05) is 18.2 Å². The molecule has 6 heteroatoms. The number of fused-ring (bicyclic) bond motifs is 1. The van der Waals surface area contributed by atoms with Crippen molar-refractivity contribution < 1.29 is 23.5 Å². The number of rotatable bonds is 3. The second kappa shape index (κ2) is 5.81. The van der Waals surface area contributed by atoms with Crippen molar-refractivity contribution in [1.29, 1.82) is 0 Å². The minimum Gasteiger partial charge on any atom is -0.467 e. The molecular formula is C16H17NO5. The zero-order valence-corrected chi connectivity index (χ0v) is 12.4.